The Morgan fingerprint density at radius 2 is 2.30 bits per heavy atom. The molecule has 1 N–H and O–H groups in total. The summed E-state index contributed by atoms with van der Waals surface area (Å²) in [5, 5.41) is 9.56. The predicted molar refractivity (Wildman–Crippen MR) is 87.0 cm³/mol. The zero-order valence-electron chi connectivity index (χ0n) is 13.0. The summed E-state index contributed by atoms with van der Waals surface area (Å²) in [6, 6.07) is -0.415. The summed E-state index contributed by atoms with van der Waals surface area (Å²) in [6.45, 7) is 0. The zero-order chi connectivity index (χ0) is 16.8. The molecule has 1 aliphatic carbocycles. The average molecular weight is 354 g/mol. The minimum absolute atomic E-state index is 0.181. The van der Waals surface area contributed by atoms with Crippen LogP contribution in [0.15, 0.2) is 12.2 Å². The Hall–Kier alpha value is -1.07. The number of nitrogens with zero attached hydrogens (tertiary/aromatic N) is 1. The standard InChI is InChI=1S/C16H20ClNO4Si/c1-18-12-11(7-8-17)14(21)23(9-19)16(12,15(18)22)13(20)10-5-3-2-4-6-10/h3,5,10-13,20H,2,4,6-8H2,1H3/t10-,11?,12+,13+,16+/m1/s1. The molecule has 0 spiro atoms. The smallest absolute Gasteiger partial charge is 0.235 e. The van der Waals surface area contributed by atoms with Gasteiger partial charge < -0.3 is 10.0 Å². The van der Waals surface area contributed by atoms with Crippen LogP contribution < -0.4 is 0 Å². The molecule has 3 aliphatic rings. The molecule has 0 saturated carbocycles. The van der Waals surface area contributed by atoms with Gasteiger partial charge in [-0.05, 0) is 25.7 Å². The maximum absolute atomic E-state index is 12.7. The molecule has 5 atom stereocenters. The maximum Gasteiger partial charge on any atom is 0.235 e. The molecule has 0 aromatic carbocycles. The molecule has 1 amide bonds. The highest BCUT2D eigenvalue weighted by atomic mass is 35.5. The summed E-state index contributed by atoms with van der Waals surface area (Å²) < 4.78 is 0. The Balaban J connectivity index is 2.07. The van der Waals surface area contributed by atoms with Gasteiger partial charge >= 0.3 is 0 Å². The topological polar surface area (TPSA) is 74.7 Å². The summed E-state index contributed by atoms with van der Waals surface area (Å²) in [5.41, 5.74) is 1.87. The minimum Gasteiger partial charge on any atom is -0.391 e. The lowest BCUT2D eigenvalue weighted by molar-refractivity contribution is -0.162. The van der Waals surface area contributed by atoms with Crippen molar-refractivity contribution in [3.05, 3.63) is 12.2 Å². The lowest BCUT2D eigenvalue weighted by Gasteiger charge is -2.55. The number of fused-ring (bicyclic) bond motifs is 1. The van der Waals surface area contributed by atoms with E-state index in [1.807, 2.05) is 17.7 Å². The predicted octanol–water partition coefficient (Wildman–Crippen LogP) is 0.795. The molecule has 2 saturated heterocycles. The van der Waals surface area contributed by atoms with Crippen molar-refractivity contribution in [2.75, 3.05) is 12.9 Å². The third kappa shape index (κ3) is 2.09. The first-order valence-electron chi connectivity index (χ1n) is 7.99. The van der Waals surface area contributed by atoms with Gasteiger partial charge in [0.15, 0.2) is 0 Å². The van der Waals surface area contributed by atoms with Crippen LogP contribution in [0.4, 0.5) is 0 Å². The summed E-state index contributed by atoms with van der Waals surface area (Å²) in [4.78, 5) is 38.5. The van der Waals surface area contributed by atoms with Gasteiger partial charge in [0, 0.05) is 24.8 Å². The van der Waals surface area contributed by atoms with Crippen LogP contribution in [0.3, 0.4) is 0 Å². The molecule has 2 aliphatic heterocycles. The van der Waals surface area contributed by atoms with E-state index in [-0.39, 0.29) is 17.2 Å². The molecule has 0 radical (unpaired) electrons. The van der Waals surface area contributed by atoms with Gasteiger partial charge in [-0.3, -0.25) is 9.59 Å². The number of hydrogen-bond donors (Lipinski definition) is 1. The van der Waals surface area contributed by atoms with Gasteiger partial charge in [0.05, 0.1) is 17.7 Å². The van der Waals surface area contributed by atoms with Crippen molar-refractivity contribution in [2.45, 2.75) is 42.9 Å². The second kappa shape index (κ2) is 6.09. The van der Waals surface area contributed by atoms with E-state index in [1.54, 1.807) is 7.05 Å². The van der Waals surface area contributed by atoms with E-state index in [4.69, 9.17) is 11.6 Å². The summed E-state index contributed by atoms with van der Waals surface area (Å²) >= 11 is 5.82. The van der Waals surface area contributed by atoms with E-state index in [2.05, 4.69) is 0 Å². The number of likely N-dealkylation sites (tertiary alicyclic amines) is 1. The third-order valence-electron chi connectivity index (χ3n) is 5.62. The summed E-state index contributed by atoms with van der Waals surface area (Å²) in [7, 11) is -0.767. The van der Waals surface area contributed by atoms with Crippen LogP contribution in [0.2, 0.25) is 5.04 Å². The first kappa shape index (κ1) is 16.8. The molecule has 1 unspecified atom stereocenters. The minimum atomic E-state index is -2.40. The highest BCUT2D eigenvalue weighted by Gasteiger charge is 2.75. The van der Waals surface area contributed by atoms with Gasteiger partial charge in [-0.25, -0.2) is 4.79 Å². The van der Waals surface area contributed by atoms with Crippen molar-refractivity contribution in [3.63, 3.8) is 0 Å². The molecule has 124 valence electrons. The number of amides is 1. The quantitative estimate of drug-likeness (QED) is 0.351. The van der Waals surface area contributed by atoms with Gasteiger partial charge in [-0.15, -0.1) is 11.6 Å². The first-order chi connectivity index (χ1) is 11.0. The number of carbonyl (C=O) groups excluding carboxylic acids is 3. The lowest BCUT2D eigenvalue weighted by Crippen LogP contribution is -2.69. The van der Waals surface area contributed by atoms with E-state index in [0.717, 1.165) is 19.3 Å². The number of rotatable bonds is 4. The second-order valence-electron chi connectivity index (χ2n) is 6.62. The fraction of sp³-hybridized carbons (Fsp3) is 0.688. The molecule has 23 heavy (non-hydrogen) atoms. The number of aliphatic hydroxyl groups is 1. The molecule has 3 rings (SSSR count). The average Bonchev–Trinajstić information content (AvgIpc) is 2.81. The Labute approximate surface area is 141 Å². The van der Waals surface area contributed by atoms with Crippen molar-refractivity contribution in [3.8, 4) is 0 Å². The van der Waals surface area contributed by atoms with E-state index in [0.29, 0.717) is 12.3 Å². The molecular weight excluding hydrogens is 334 g/mol. The van der Waals surface area contributed by atoms with Crippen molar-refractivity contribution in [1.29, 1.82) is 0 Å². The fourth-order valence-corrected chi connectivity index (χ4v) is 7.76. The Kier molecular flexibility index (Phi) is 4.44. The number of halogens is 1. The SMILES string of the molecule is CN1C(=O)[C@@]2([C@@H](O)[C@@H]3C=CCCC3)[C@@H]1C(CCCl)C(=O)[Si]2=C=O. The largest absolute Gasteiger partial charge is 0.391 e. The van der Waals surface area contributed by atoms with Crippen molar-refractivity contribution in [2.24, 2.45) is 11.8 Å². The molecule has 0 bridgehead atoms. The number of alkyl halides is 1. The highest BCUT2D eigenvalue weighted by molar-refractivity contribution is 6.98. The number of β-lactam (4-membered cyclic amide) rings is 1. The van der Waals surface area contributed by atoms with E-state index in [9.17, 15) is 19.5 Å². The van der Waals surface area contributed by atoms with Crippen LogP contribution in [0, 0.1) is 11.8 Å². The number of aliphatic hydroxyl groups excluding tert-OH is 1. The molecular formula is C16H20ClNO4Si. The molecule has 0 aromatic rings. The molecule has 2 heterocycles. The van der Waals surface area contributed by atoms with E-state index in [1.165, 1.54) is 4.90 Å². The van der Waals surface area contributed by atoms with Gasteiger partial charge in [-0.2, -0.15) is 0 Å². The van der Waals surface area contributed by atoms with Crippen molar-refractivity contribution < 1.29 is 19.5 Å². The number of hydrogen-bond acceptors (Lipinski definition) is 4. The lowest BCUT2D eigenvalue weighted by atomic mass is 9.70. The number of carbonyl (C=O) groups is 2. The number of allylic oxidation sites excluding steroid dienone is 1. The Morgan fingerprint density at radius 3 is 2.87 bits per heavy atom. The van der Waals surface area contributed by atoms with Crippen LogP contribution in [0.25, 0.3) is 0 Å². The zero-order valence-corrected chi connectivity index (χ0v) is 14.8. The van der Waals surface area contributed by atoms with E-state index < -0.39 is 31.5 Å². The molecule has 0 aromatic heterocycles. The van der Waals surface area contributed by atoms with Crippen LogP contribution in [-0.2, 0) is 14.4 Å². The van der Waals surface area contributed by atoms with Gasteiger partial charge in [0.25, 0.3) is 0 Å². The summed E-state index contributed by atoms with van der Waals surface area (Å²) in [6.07, 6.45) is 6.02. The first-order valence-corrected chi connectivity index (χ1v) is 10.0. The molecule has 2 fully saturated rings. The Bertz CT molecular complexity index is 630. The normalized spacial score (nSPS) is 37.4. The fourth-order valence-electron chi connectivity index (χ4n) is 4.59. The summed E-state index contributed by atoms with van der Waals surface area (Å²) in [5.74, 6) is -0.623. The van der Waals surface area contributed by atoms with Crippen molar-refractivity contribution in [1.82, 2.24) is 4.90 Å². The van der Waals surface area contributed by atoms with Gasteiger partial charge in [0.2, 0.25) is 14.3 Å². The molecule has 7 heteroatoms. The third-order valence-corrected chi connectivity index (χ3v) is 8.54. The second-order valence-corrected chi connectivity index (χ2v) is 9.28. The van der Waals surface area contributed by atoms with Gasteiger partial charge in [-0.1, -0.05) is 12.2 Å². The highest BCUT2D eigenvalue weighted by Crippen LogP contribution is 2.59. The van der Waals surface area contributed by atoms with E-state index >= 15 is 0 Å². The van der Waals surface area contributed by atoms with Crippen LogP contribution >= 0.6 is 11.6 Å². The van der Waals surface area contributed by atoms with Gasteiger partial charge in [0.1, 0.15) is 10.4 Å². The monoisotopic (exact) mass is 353 g/mol. The maximum atomic E-state index is 12.7. The van der Waals surface area contributed by atoms with Crippen LogP contribution in [-0.4, -0.2) is 60.3 Å². The molecule has 5 nitrogen and oxygen atoms in total. The Morgan fingerprint density at radius 1 is 1.57 bits per heavy atom. The van der Waals surface area contributed by atoms with Crippen LogP contribution in [0.1, 0.15) is 25.7 Å². The van der Waals surface area contributed by atoms with Crippen LogP contribution in [0.5, 0.6) is 0 Å². The van der Waals surface area contributed by atoms with Crippen molar-refractivity contribution >= 4 is 36.9 Å².